The average molecular weight is 275 g/mol. The van der Waals surface area contributed by atoms with E-state index in [4.69, 9.17) is 4.74 Å². The van der Waals surface area contributed by atoms with Crippen LogP contribution in [0.15, 0.2) is 18.3 Å². The molecule has 0 bridgehead atoms. The Morgan fingerprint density at radius 1 is 1.40 bits per heavy atom. The number of nitrogens with zero attached hydrogens (tertiary/aromatic N) is 2. The van der Waals surface area contributed by atoms with Crippen molar-refractivity contribution in [1.82, 2.24) is 10.3 Å². The van der Waals surface area contributed by atoms with Crippen molar-refractivity contribution in [2.24, 2.45) is 5.92 Å². The fourth-order valence-electron chi connectivity index (χ4n) is 2.93. The van der Waals surface area contributed by atoms with Crippen molar-refractivity contribution in [3.63, 3.8) is 0 Å². The molecule has 1 aromatic rings. The highest BCUT2D eigenvalue weighted by Crippen LogP contribution is 2.29. The highest BCUT2D eigenvalue weighted by molar-refractivity contribution is 5.52. The zero-order valence-corrected chi connectivity index (χ0v) is 12.3. The van der Waals surface area contributed by atoms with E-state index in [-0.39, 0.29) is 0 Å². The number of hydrogen-bond acceptors (Lipinski definition) is 4. The molecule has 0 amide bonds. The molecular formula is C16H25N3O. The number of pyridine rings is 1. The minimum absolute atomic E-state index is 0.694. The van der Waals surface area contributed by atoms with Crippen molar-refractivity contribution in [2.75, 3.05) is 31.1 Å². The number of hydrogen-bond donors (Lipinski definition) is 1. The molecule has 1 saturated heterocycles. The van der Waals surface area contributed by atoms with Gasteiger partial charge in [0, 0.05) is 25.3 Å². The molecule has 0 spiro atoms. The molecule has 1 aliphatic carbocycles. The van der Waals surface area contributed by atoms with Gasteiger partial charge in [0.05, 0.1) is 6.61 Å². The molecule has 20 heavy (non-hydrogen) atoms. The molecule has 110 valence electrons. The molecule has 1 unspecified atom stereocenters. The average Bonchev–Trinajstić information content (AvgIpc) is 3.31. The molecule has 4 heteroatoms. The maximum Gasteiger partial charge on any atom is 0.171 e. The van der Waals surface area contributed by atoms with Crippen LogP contribution in [0.2, 0.25) is 0 Å². The first kappa shape index (κ1) is 13.7. The van der Waals surface area contributed by atoms with Gasteiger partial charge in [0.15, 0.2) is 11.6 Å². The second-order valence-electron chi connectivity index (χ2n) is 5.89. The first-order valence-electron chi connectivity index (χ1n) is 7.93. The number of ether oxygens (including phenoxy) is 1. The summed E-state index contributed by atoms with van der Waals surface area (Å²) in [4.78, 5) is 6.94. The van der Waals surface area contributed by atoms with Gasteiger partial charge in [-0.1, -0.05) is 0 Å². The molecule has 1 atom stereocenters. The lowest BCUT2D eigenvalue weighted by molar-refractivity contribution is 0.334. The summed E-state index contributed by atoms with van der Waals surface area (Å²) in [5.41, 5.74) is 0. The minimum Gasteiger partial charge on any atom is -0.490 e. The van der Waals surface area contributed by atoms with Crippen molar-refractivity contribution >= 4 is 5.82 Å². The Bertz CT molecular complexity index is 433. The van der Waals surface area contributed by atoms with Gasteiger partial charge in [0.25, 0.3) is 0 Å². The van der Waals surface area contributed by atoms with E-state index in [0.29, 0.717) is 6.61 Å². The van der Waals surface area contributed by atoms with E-state index in [9.17, 15) is 0 Å². The molecule has 1 aliphatic heterocycles. The SMILES string of the molecule is CCOc1cccnc1N1CCCC(CNC2CC2)C1. The number of anilines is 1. The minimum atomic E-state index is 0.694. The normalized spacial score (nSPS) is 22.9. The monoisotopic (exact) mass is 275 g/mol. The third kappa shape index (κ3) is 3.42. The molecule has 4 nitrogen and oxygen atoms in total. The first-order chi connectivity index (χ1) is 9.86. The summed E-state index contributed by atoms with van der Waals surface area (Å²) in [6.45, 7) is 6.06. The molecular weight excluding hydrogens is 250 g/mol. The Labute approximate surface area is 121 Å². The topological polar surface area (TPSA) is 37.4 Å². The number of rotatable bonds is 6. The van der Waals surface area contributed by atoms with Gasteiger partial charge >= 0.3 is 0 Å². The van der Waals surface area contributed by atoms with Gasteiger partial charge < -0.3 is 15.0 Å². The number of aromatic nitrogens is 1. The van der Waals surface area contributed by atoms with Crippen LogP contribution in [0, 0.1) is 5.92 Å². The van der Waals surface area contributed by atoms with E-state index < -0.39 is 0 Å². The molecule has 1 N–H and O–H groups in total. The summed E-state index contributed by atoms with van der Waals surface area (Å²) in [7, 11) is 0. The summed E-state index contributed by atoms with van der Waals surface area (Å²) in [5.74, 6) is 2.68. The second-order valence-corrected chi connectivity index (χ2v) is 5.89. The lowest BCUT2D eigenvalue weighted by Gasteiger charge is -2.34. The van der Waals surface area contributed by atoms with Crippen LogP contribution in [0.4, 0.5) is 5.82 Å². The van der Waals surface area contributed by atoms with Gasteiger partial charge in [0.1, 0.15) is 0 Å². The third-order valence-corrected chi connectivity index (χ3v) is 4.14. The first-order valence-corrected chi connectivity index (χ1v) is 7.93. The lowest BCUT2D eigenvalue weighted by Crippen LogP contribution is -2.40. The van der Waals surface area contributed by atoms with Crippen LogP contribution in [0.25, 0.3) is 0 Å². The Morgan fingerprint density at radius 3 is 3.10 bits per heavy atom. The van der Waals surface area contributed by atoms with Crippen LogP contribution in [0.5, 0.6) is 5.75 Å². The molecule has 2 heterocycles. The molecule has 1 saturated carbocycles. The maximum atomic E-state index is 5.71. The van der Waals surface area contributed by atoms with Crippen molar-refractivity contribution in [3.05, 3.63) is 18.3 Å². The van der Waals surface area contributed by atoms with Gasteiger partial charge in [-0.25, -0.2) is 4.98 Å². The van der Waals surface area contributed by atoms with Crippen molar-refractivity contribution in [2.45, 2.75) is 38.6 Å². The Morgan fingerprint density at radius 2 is 2.30 bits per heavy atom. The standard InChI is InChI=1S/C16H25N3O/c1-2-20-15-6-3-9-17-16(15)19-10-4-5-13(12-19)11-18-14-7-8-14/h3,6,9,13-14,18H,2,4-5,7-8,10-12H2,1H3. The summed E-state index contributed by atoms with van der Waals surface area (Å²) < 4.78 is 5.71. The van der Waals surface area contributed by atoms with Gasteiger partial charge in [0.2, 0.25) is 0 Å². The molecule has 2 fully saturated rings. The van der Waals surface area contributed by atoms with E-state index in [1.165, 1.54) is 25.7 Å². The summed E-state index contributed by atoms with van der Waals surface area (Å²) in [6, 6.07) is 4.78. The van der Waals surface area contributed by atoms with Crippen LogP contribution in [0.1, 0.15) is 32.6 Å². The van der Waals surface area contributed by atoms with E-state index in [1.54, 1.807) is 0 Å². The second kappa shape index (κ2) is 6.44. The van der Waals surface area contributed by atoms with E-state index in [2.05, 4.69) is 15.2 Å². The molecule has 2 aliphatic rings. The van der Waals surface area contributed by atoms with Gasteiger partial charge in [-0.3, -0.25) is 0 Å². The van der Waals surface area contributed by atoms with Gasteiger partial charge in [-0.2, -0.15) is 0 Å². The highest BCUT2D eigenvalue weighted by Gasteiger charge is 2.26. The van der Waals surface area contributed by atoms with Crippen LogP contribution in [-0.2, 0) is 0 Å². The molecule has 0 aromatic carbocycles. The van der Waals surface area contributed by atoms with Crippen molar-refractivity contribution in [3.8, 4) is 5.75 Å². The molecule has 1 aromatic heterocycles. The number of nitrogens with one attached hydrogen (secondary N) is 1. The Kier molecular flexibility index (Phi) is 4.41. The maximum absolute atomic E-state index is 5.71. The quantitative estimate of drug-likeness (QED) is 0.865. The van der Waals surface area contributed by atoms with E-state index in [1.807, 2.05) is 25.3 Å². The van der Waals surface area contributed by atoms with Crippen molar-refractivity contribution in [1.29, 1.82) is 0 Å². The van der Waals surface area contributed by atoms with E-state index in [0.717, 1.165) is 43.2 Å². The fourth-order valence-corrected chi connectivity index (χ4v) is 2.93. The van der Waals surface area contributed by atoms with Gasteiger partial charge in [-0.15, -0.1) is 0 Å². The fraction of sp³-hybridized carbons (Fsp3) is 0.688. The van der Waals surface area contributed by atoms with Crippen LogP contribution >= 0.6 is 0 Å². The highest BCUT2D eigenvalue weighted by atomic mass is 16.5. The predicted molar refractivity (Wildman–Crippen MR) is 81.4 cm³/mol. The number of piperidine rings is 1. The summed E-state index contributed by atoms with van der Waals surface area (Å²) in [6.07, 6.45) is 7.17. The zero-order valence-electron chi connectivity index (χ0n) is 12.3. The zero-order chi connectivity index (χ0) is 13.8. The molecule has 3 rings (SSSR count). The third-order valence-electron chi connectivity index (χ3n) is 4.14. The Balaban J connectivity index is 1.63. The summed E-state index contributed by atoms with van der Waals surface area (Å²) in [5, 5.41) is 3.66. The van der Waals surface area contributed by atoms with Crippen LogP contribution < -0.4 is 15.0 Å². The molecule has 0 radical (unpaired) electrons. The van der Waals surface area contributed by atoms with Crippen LogP contribution in [-0.4, -0.2) is 37.3 Å². The van der Waals surface area contributed by atoms with Crippen LogP contribution in [0.3, 0.4) is 0 Å². The largest absolute Gasteiger partial charge is 0.490 e. The lowest BCUT2D eigenvalue weighted by atomic mass is 9.98. The predicted octanol–water partition coefficient (Wildman–Crippen LogP) is 2.45. The Hall–Kier alpha value is -1.29. The van der Waals surface area contributed by atoms with E-state index >= 15 is 0 Å². The smallest absolute Gasteiger partial charge is 0.171 e. The summed E-state index contributed by atoms with van der Waals surface area (Å²) >= 11 is 0. The van der Waals surface area contributed by atoms with Crippen molar-refractivity contribution < 1.29 is 4.74 Å². The van der Waals surface area contributed by atoms with Gasteiger partial charge in [-0.05, 0) is 57.2 Å².